The fraction of sp³-hybridized carbons (Fsp3) is 0.0952. The molecule has 0 saturated carbocycles. The second-order valence-electron chi connectivity index (χ2n) is 6.41. The third-order valence-corrected chi connectivity index (χ3v) is 6.55. The molecular formula is C21H17ClN2O2S. The number of aromatic nitrogens is 2. The topological polar surface area (TPSA) is 52.0 Å². The maximum absolute atomic E-state index is 13.4. The van der Waals surface area contributed by atoms with E-state index in [2.05, 4.69) is 4.98 Å². The Labute approximate surface area is 163 Å². The van der Waals surface area contributed by atoms with Crippen LogP contribution in [0.5, 0.6) is 0 Å². The van der Waals surface area contributed by atoms with Crippen LogP contribution in [0.15, 0.2) is 77.8 Å². The maximum atomic E-state index is 13.4. The summed E-state index contributed by atoms with van der Waals surface area (Å²) in [4.78, 5) is 4.54. The number of fused-ring (bicyclic) bond motifs is 1. The van der Waals surface area contributed by atoms with E-state index in [9.17, 15) is 8.42 Å². The first-order valence-corrected chi connectivity index (χ1v) is 10.3. The Morgan fingerprint density at radius 2 is 1.70 bits per heavy atom. The van der Waals surface area contributed by atoms with Gasteiger partial charge in [-0.05, 0) is 36.8 Å². The summed E-state index contributed by atoms with van der Waals surface area (Å²) in [6.45, 7) is 1.92. The van der Waals surface area contributed by atoms with Crippen molar-refractivity contribution in [2.24, 2.45) is 0 Å². The van der Waals surface area contributed by atoms with E-state index >= 15 is 0 Å². The van der Waals surface area contributed by atoms with Gasteiger partial charge in [0.1, 0.15) is 0 Å². The molecule has 0 amide bonds. The highest BCUT2D eigenvalue weighted by atomic mass is 35.5. The van der Waals surface area contributed by atoms with Crippen LogP contribution in [0.4, 0.5) is 0 Å². The number of aryl methyl sites for hydroxylation is 1. The molecule has 0 unspecified atom stereocenters. The van der Waals surface area contributed by atoms with Crippen molar-refractivity contribution in [1.29, 1.82) is 0 Å². The molecule has 0 atom stereocenters. The van der Waals surface area contributed by atoms with Crippen LogP contribution in [0.25, 0.3) is 11.0 Å². The Hall–Kier alpha value is -2.63. The van der Waals surface area contributed by atoms with Crippen LogP contribution in [0, 0.1) is 6.92 Å². The molecule has 136 valence electrons. The molecule has 4 rings (SSSR count). The first kappa shape index (κ1) is 17.8. The molecule has 2 heterocycles. The first-order chi connectivity index (χ1) is 13.0. The van der Waals surface area contributed by atoms with Gasteiger partial charge in [0.25, 0.3) is 10.0 Å². The predicted molar refractivity (Wildman–Crippen MR) is 108 cm³/mol. The van der Waals surface area contributed by atoms with Crippen molar-refractivity contribution < 1.29 is 8.42 Å². The molecule has 6 heteroatoms. The maximum Gasteiger partial charge on any atom is 0.269 e. The lowest BCUT2D eigenvalue weighted by molar-refractivity contribution is 0.587. The highest BCUT2D eigenvalue weighted by molar-refractivity contribution is 7.90. The van der Waals surface area contributed by atoms with E-state index in [-0.39, 0.29) is 4.90 Å². The van der Waals surface area contributed by atoms with Crippen LogP contribution in [-0.4, -0.2) is 17.4 Å². The van der Waals surface area contributed by atoms with E-state index in [1.807, 2.05) is 43.3 Å². The van der Waals surface area contributed by atoms with Gasteiger partial charge in [0.2, 0.25) is 0 Å². The van der Waals surface area contributed by atoms with Crippen molar-refractivity contribution in [2.45, 2.75) is 18.2 Å². The van der Waals surface area contributed by atoms with Gasteiger partial charge in [-0.25, -0.2) is 17.4 Å². The predicted octanol–water partition coefficient (Wildman–Crippen LogP) is 4.83. The Kier molecular flexibility index (Phi) is 4.50. The van der Waals surface area contributed by atoms with Gasteiger partial charge in [-0.3, -0.25) is 0 Å². The molecule has 27 heavy (non-hydrogen) atoms. The van der Waals surface area contributed by atoms with E-state index in [1.54, 1.807) is 30.3 Å². The summed E-state index contributed by atoms with van der Waals surface area (Å²) in [5, 5.41) is 1.10. The van der Waals surface area contributed by atoms with E-state index in [1.165, 1.54) is 10.2 Å². The first-order valence-electron chi connectivity index (χ1n) is 8.48. The molecule has 0 N–H and O–H groups in total. The van der Waals surface area contributed by atoms with Crippen molar-refractivity contribution in [3.63, 3.8) is 0 Å². The van der Waals surface area contributed by atoms with Gasteiger partial charge in [0, 0.05) is 23.7 Å². The summed E-state index contributed by atoms with van der Waals surface area (Å²) in [5.74, 6) is 0. The summed E-state index contributed by atoms with van der Waals surface area (Å²) < 4.78 is 28.2. The number of rotatable bonds is 4. The van der Waals surface area contributed by atoms with Gasteiger partial charge in [-0.15, -0.1) is 0 Å². The van der Waals surface area contributed by atoms with Crippen LogP contribution in [-0.2, 0) is 16.4 Å². The van der Waals surface area contributed by atoms with Crippen molar-refractivity contribution in [3.05, 3.63) is 94.8 Å². The summed E-state index contributed by atoms with van der Waals surface area (Å²) in [6, 6.07) is 20.0. The monoisotopic (exact) mass is 396 g/mol. The van der Waals surface area contributed by atoms with Crippen molar-refractivity contribution in [3.8, 4) is 0 Å². The zero-order valence-electron chi connectivity index (χ0n) is 14.6. The number of pyridine rings is 1. The van der Waals surface area contributed by atoms with Gasteiger partial charge < -0.3 is 0 Å². The third-order valence-electron chi connectivity index (χ3n) is 4.47. The van der Waals surface area contributed by atoms with Gasteiger partial charge >= 0.3 is 0 Å². The molecule has 0 aliphatic heterocycles. The van der Waals surface area contributed by atoms with Crippen molar-refractivity contribution in [1.82, 2.24) is 8.96 Å². The van der Waals surface area contributed by atoms with E-state index in [4.69, 9.17) is 11.6 Å². The number of halogens is 1. The molecule has 0 aliphatic rings. The summed E-state index contributed by atoms with van der Waals surface area (Å²) in [7, 11) is -3.81. The molecule has 4 nitrogen and oxygen atoms in total. The van der Waals surface area contributed by atoms with Crippen LogP contribution in [0.2, 0.25) is 5.02 Å². The molecule has 2 aromatic heterocycles. The Balaban J connectivity index is 1.96. The van der Waals surface area contributed by atoms with Crippen LogP contribution in [0.1, 0.15) is 16.8 Å². The van der Waals surface area contributed by atoms with E-state index in [0.717, 1.165) is 11.1 Å². The fourth-order valence-electron chi connectivity index (χ4n) is 3.11. The molecule has 0 saturated heterocycles. The lowest BCUT2D eigenvalue weighted by Crippen LogP contribution is -2.16. The summed E-state index contributed by atoms with van der Waals surface area (Å²) in [6.07, 6.45) is 1.98. The van der Waals surface area contributed by atoms with Crippen molar-refractivity contribution >= 4 is 32.7 Å². The quantitative estimate of drug-likeness (QED) is 0.496. The average molecular weight is 397 g/mol. The Morgan fingerprint density at radius 1 is 1.00 bits per heavy atom. The zero-order valence-corrected chi connectivity index (χ0v) is 16.2. The number of benzene rings is 2. The number of hydrogen-bond donors (Lipinski definition) is 0. The summed E-state index contributed by atoms with van der Waals surface area (Å²) in [5.41, 5.74) is 2.97. The smallest absolute Gasteiger partial charge is 0.237 e. The summed E-state index contributed by atoms with van der Waals surface area (Å²) >= 11 is 6.31. The molecule has 4 aromatic rings. The van der Waals surface area contributed by atoms with Crippen molar-refractivity contribution in [2.75, 3.05) is 0 Å². The van der Waals surface area contributed by atoms with Crippen LogP contribution >= 0.6 is 11.6 Å². The largest absolute Gasteiger partial charge is 0.269 e. The van der Waals surface area contributed by atoms with Gasteiger partial charge in [0.15, 0.2) is 5.65 Å². The second-order valence-corrected chi connectivity index (χ2v) is 8.60. The number of hydrogen-bond acceptors (Lipinski definition) is 3. The zero-order chi connectivity index (χ0) is 19.0. The second kappa shape index (κ2) is 6.83. The minimum absolute atomic E-state index is 0.224. The Bertz CT molecular complexity index is 1210. The lowest BCUT2D eigenvalue weighted by atomic mass is 10.1. The van der Waals surface area contributed by atoms with E-state index < -0.39 is 10.0 Å². The van der Waals surface area contributed by atoms with Gasteiger partial charge in [-0.1, -0.05) is 59.6 Å². The molecule has 2 aromatic carbocycles. The molecule has 0 radical (unpaired) electrons. The molecule has 0 spiro atoms. The minimum Gasteiger partial charge on any atom is -0.237 e. The van der Waals surface area contributed by atoms with Gasteiger partial charge in [-0.2, -0.15) is 0 Å². The highest BCUT2D eigenvalue weighted by Gasteiger charge is 2.24. The molecule has 0 aliphatic carbocycles. The third kappa shape index (κ3) is 3.24. The van der Waals surface area contributed by atoms with E-state index in [0.29, 0.717) is 28.2 Å². The molecule has 0 fully saturated rings. The van der Waals surface area contributed by atoms with Gasteiger partial charge in [0.05, 0.1) is 9.92 Å². The normalized spacial score (nSPS) is 11.8. The molecular weight excluding hydrogens is 380 g/mol. The Morgan fingerprint density at radius 3 is 2.41 bits per heavy atom. The molecule has 0 bridgehead atoms. The SMILES string of the molecule is Cc1ccc(S(=O)(=O)n2c(Cc3ccccc3)cc3c(Cl)ccnc32)cc1. The van der Waals surface area contributed by atoms with Crippen LogP contribution in [0.3, 0.4) is 0 Å². The lowest BCUT2D eigenvalue weighted by Gasteiger charge is -2.12. The number of nitrogens with zero attached hydrogens (tertiary/aromatic N) is 2. The van der Waals surface area contributed by atoms with Crippen LogP contribution < -0.4 is 0 Å². The average Bonchev–Trinajstić information content (AvgIpc) is 3.03. The fourth-order valence-corrected chi connectivity index (χ4v) is 4.79. The minimum atomic E-state index is -3.81. The highest BCUT2D eigenvalue weighted by Crippen LogP contribution is 2.30. The standard InChI is InChI=1S/C21H17ClN2O2S/c1-15-7-9-18(10-8-15)27(25,26)24-17(13-16-5-3-2-4-6-16)14-19-20(22)11-12-23-21(19)24/h2-12,14H,13H2,1H3.